The van der Waals surface area contributed by atoms with E-state index in [1.54, 1.807) is 24.3 Å². The summed E-state index contributed by atoms with van der Waals surface area (Å²) in [7, 11) is 0. The van der Waals surface area contributed by atoms with Crippen molar-refractivity contribution in [2.24, 2.45) is 0 Å². The van der Waals surface area contributed by atoms with Gasteiger partial charge in [0.15, 0.2) is 0 Å². The molecule has 0 saturated carbocycles. The van der Waals surface area contributed by atoms with E-state index >= 15 is 0 Å². The standard InChI is InChI=1S/C18H14N2O4/c21-18(24-12-13-6-2-1-3-7-13)19-16-10-11-17(20(22)23)15-9-5-4-8-14(15)16/h1-11H,12H2,(H,19,21). The molecule has 0 fully saturated rings. The van der Waals surface area contributed by atoms with Crippen molar-refractivity contribution in [3.8, 4) is 0 Å². The molecule has 6 heteroatoms. The van der Waals surface area contributed by atoms with Crippen LogP contribution in [0, 0.1) is 10.1 Å². The van der Waals surface area contributed by atoms with Crippen LogP contribution < -0.4 is 5.32 Å². The highest BCUT2D eigenvalue weighted by molar-refractivity contribution is 6.03. The molecule has 0 saturated heterocycles. The first-order chi connectivity index (χ1) is 11.6. The zero-order valence-electron chi connectivity index (χ0n) is 12.6. The number of rotatable bonds is 4. The van der Waals surface area contributed by atoms with Crippen LogP contribution in [0.15, 0.2) is 66.7 Å². The van der Waals surface area contributed by atoms with Gasteiger partial charge in [-0.05, 0) is 17.7 Å². The monoisotopic (exact) mass is 322 g/mol. The minimum atomic E-state index is -0.613. The Morgan fingerprint density at radius 2 is 1.62 bits per heavy atom. The minimum Gasteiger partial charge on any atom is -0.444 e. The van der Waals surface area contributed by atoms with Gasteiger partial charge in [-0.1, -0.05) is 48.5 Å². The molecule has 1 N–H and O–H groups in total. The summed E-state index contributed by atoms with van der Waals surface area (Å²) in [6.07, 6.45) is -0.613. The fourth-order valence-corrected chi connectivity index (χ4v) is 2.42. The summed E-state index contributed by atoms with van der Waals surface area (Å²) in [5.74, 6) is 0. The number of nitrogens with one attached hydrogen (secondary N) is 1. The second-order valence-corrected chi connectivity index (χ2v) is 5.12. The van der Waals surface area contributed by atoms with Crippen LogP contribution in [0.1, 0.15) is 5.56 Å². The minimum absolute atomic E-state index is 0.00574. The molecule has 0 radical (unpaired) electrons. The largest absolute Gasteiger partial charge is 0.444 e. The van der Waals surface area contributed by atoms with Gasteiger partial charge in [-0.15, -0.1) is 0 Å². The molecule has 0 atom stereocenters. The van der Waals surface area contributed by atoms with Crippen LogP contribution >= 0.6 is 0 Å². The van der Waals surface area contributed by atoms with E-state index in [-0.39, 0.29) is 12.3 Å². The molecule has 3 aromatic rings. The zero-order valence-corrected chi connectivity index (χ0v) is 12.6. The highest BCUT2D eigenvalue weighted by Crippen LogP contribution is 2.31. The number of ether oxygens (including phenoxy) is 1. The normalized spacial score (nSPS) is 10.3. The SMILES string of the molecule is O=C(Nc1ccc([N+](=O)[O-])c2ccccc12)OCc1ccccc1. The van der Waals surface area contributed by atoms with E-state index in [1.807, 2.05) is 30.3 Å². The quantitative estimate of drug-likeness (QED) is 0.566. The maximum Gasteiger partial charge on any atom is 0.411 e. The first kappa shape index (κ1) is 15.5. The van der Waals surface area contributed by atoms with Crippen LogP contribution in [-0.2, 0) is 11.3 Å². The lowest BCUT2D eigenvalue weighted by molar-refractivity contribution is -0.383. The van der Waals surface area contributed by atoms with E-state index < -0.39 is 11.0 Å². The van der Waals surface area contributed by atoms with Gasteiger partial charge in [0.2, 0.25) is 0 Å². The Kier molecular flexibility index (Phi) is 4.38. The van der Waals surface area contributed by atoms with Crippen LogP contribution in [0.2, 0.25) is 0 Å². The third kappa shape index (κ3) is 3.33. The average Bonchev–Trinajstić information content (AvgIpc) is 2.61. The van der Waals surface area contributed by atoms with E-state index in [1.165, 1.54) is 12.1 Å². The van der Waals surface area contributed by atoms with Gasteiger partial charge >= 0.3 is 6.09 Å². The van der Waals surface area contributed by atoms with Crippen LogP contribution in [0.5, 0.6) is 0 Å². The number of anilines is 1. The second kappa shape index (κ2) is 6.78. The molecule has 6 nitrogen and oxygen atoms in total. The molecule has 3 aromatic carbocycles. The predicted molar refractivity (Wildman–Crippen MR) is 90.9 cm³/mol. The first-order valence-corrected chi connectivity index (χ1v) is 7.29. The summed E-state index contributed by atoms with van der Waals surface area (Å²) < 4.78 is 5.17. The number of benzene rings is 3. The van der Waals surface area contributed by atoms with Crippen molar-refractivity contribution >= 4 is 28.2 Å². The number of nitro groups is 1. The van der Waals surface area contributed by atoms with E-state index in [9.17, 15) is 14.9 Å². The molecule has 3 rings (SSSR count). The maximum atomic E-state index is 12.0. The molecule has 1 amide bonds. The maximum absolute atomic E-state index is 12.0. The van der Waals surface area contributed by atoms with Gasteiger partial charge in [-0.2, -0.15) is 0 Å². The number of nitro benzene ring substituents is 1. The van der Waals surface area contributed by atoms with Crippen molar-refractivity contribution in [3.63, 3.8) is 0 Å². The van der Waals surface area contributed by atoms with Crippen LogP contribution in [-0.4, -0.2) is 11.0 Å². The third-order valence-corrected chi connectivity index (χ3v) is 3.55. The summed E-state index contributed by atoms with van der Waals surface area (Å²) >= 11 is 0. The summed E-state index contributed by atoms with van der Waals surface area (Å²) in [4.78, 5) is 22.6. The highest BCUT2D eigenvalue weighted by atomic mass is 16.6. The molecule has 0 aromatic heterocycles. The van der Waals surface area contributed by atoms with Crippen LogP contribution in [0.4, 0.5) is 16.2 Å². The van der Waals surface area contributed by atoms with Crippen molar-refractivity contribution < 1.29 is 14.5 Å². The lowest BCUT2D eigenvalue weighted by Crippen LogP contribution is -2.13. The average molecular weight is 322 g/mol. The van der Waals surface area contributed by atoms with Crippen molar-refractivity contribution in [2.45, 2.75) is 6.61 Å². The van der Waals surface area contributed by atoms with Crippen molar-refractivity contribution in [2.75, 3.05) is 5.32 Å². The molecule has 0 unspecified atom stereocenters. The molecular weight excluding hydrogens is 308 g/mol. The number of carbonyl (C=O) groups is 1. The fourth-order valence-electron chi connectivity index (χ4n) is 2.42. The number of non-ortho nitro benzene ring substituents is 1. The lowest BCUT2D eigenvalue weighted by Gasteiger charge is -2.10. The fraction of sp³-hybridized carbons (Fsp3) is 0.0556. The second-order valence-electron chi connectivity index (χ2n) is 5.12. The Hall–Kier alpha value is -3.41. The van der Waals surface area contributed by atoms with Crippen molar-refractivity contribution in [1.29, 1.82) is 0 Å². The summed E-state index contributed by atoms with van der Waals surface area (Å²) in [6, 6.07) is 19.0. The van der Waals surface area contributed by atoms with Gasteiger partial charge in [0.05, 0.1) is 16.0 Å². The smallest absolute Gasteiger partial charge is 0.411 e. The Morgan fingerprint density at radius 1 is 0.958 bits per heavy atom. The molecule has 24 heavy (non-hydrogen) atoms. The van der Waals surface area contributed by atoms with Crippen molar-refractivity contribution in [1.82, 2.24) is 0 Å². The molecule has 0 aliphatic rings. The van der Waals surface area contributed by atoms with Crippen molar-refractivity contribution in [3.05, 3.63) is 82.4 Å². The third-order valence-electron chi connectivity index (χ3n) is 3.55. The number of fused-ring (bicyclic) bond motifs is 1. The Balaban J connectivity index is 1.79. The molecule has 120 valence electrons. The predicted octanol–water partition coefficient (Wildman–Crippen LogP) is 4.50. The highest BCUT2D eigenvalue weighted by Gasteiger charge is 2.15. The molecular formula is C18H14N2O4. The van der Waals surface area contributed by atoms with Gasteiger partial charge in [0.25, 0.3) is 5.69 Å². The van der Waals surface area contributed by atoms with Crippen LogP contribution in [0.3, 0.4) is 0 Å². The van der Waals surface area contributed by atoms with Gasteiger partial charge in [0.1, 0.15) is 6.61 Å². The summed E-state index contributed by atoms with van der Waals surface area (Å²) in [5, 5.41) is 14.8. The molecule has 0 aliphatic carbocycles. The zero-order chi connectivity index (χ0) is 16.9. The molecule has 0 heterocycles. The van der Waals surface area contributed by atoms with Gasteiger partial charge in [-0.25, -0.2) is 4.79 Å². The van der Waals surface area contributed by atoms with Gasteiger partial charge in [-0.3, -0.25) is 15.4 Å². The Morgan fingerprint density at radius 3 is 2.33 bits per heavy atom. The number of hydrogen-bond donors (Lipinski definition) is 1. The van der Waals surface area contributed by atoms with Gasteiger partial charge < -0.3 is 4.74 Å². The number of nitrogens with zero attached hydrogens (tertiary/aromatic N) is 1. The first-order valence-electron chi connectivity index (χ1n) is 7.29. The molecule has 0 aliphatic heterocycles. The molecule has 0 spiro atoms. The van der Waals surface area contributed by atoms with E-state index in [4.69, 9.17) is 4.74 Å². The van der Waals surface area contributed by atoms with E-state index in [0.29, 0.717) is 16.5 Å². The Labute approximate surface area is 137 Å². The summed E-state index contributed by atoms with van der Waals surface area (Å²) in [5.41, 5.74) is 1.34. The number of hydrogen-bond acceptors (Lipinski definition) is 4. The van der Waals surface area contributed by atoms with E-state index in [0.717, 1.165) is 5.56 Å². The topological polar surface area (TPSA) is 81.5 Å². The number of carbonyl (C=O) groups excluding carboxylic acids is 1. The number of amides is 1. The Bertz CT molecular complexity index is 894. The van der Waals surface area contributed by atoms with Crippen LogP contribution in [0.25, 0.3) is 10.8 Å². The summed E-state index contributed by atoms with van der Waals surface area (Å²) in [6.45, 7) is 0.150. The lowest BCUT2D eigenvalue weighted by atomic mass is 10.1. The van der Waals surface area contributed by atoms with E-state index in [2.05, 4.69) is 5.32 Å². The van der Waals surface area contributed by atoms with Gasteiger partial charge in [0, 0.05) is 11.5 Å². The molecule has 0 bridgehead atoms.